The Bertz CT molecular complexity index is 873. The number of anilines is 1. The van der Waals surface area contributed by atoms with Gasteiger partial charge in [0.25, 0.3) is 0 Å². The van der Waals surface area contributed by atoms with Crippen molar-refractivity contribution in [2.75, 3.05) is 12.4 Å². The number of hydrogen-bond acceptors (Lipinski definition) is 5. The SMILES string of the molecule is CO[C@H]1CC[C@H](Nc2ccc3nnc(-c4cccc(Cl)c4)n3n2)CC1. The third-order valence-corrected chi connectivity index (χ3v) is 4.94. The van der Waals surface area contributed by atoms with Gasteiger partial charge >= 0.3 is 0 Å². The van der Waals surface area contributed by atoms with E-state index in [1.807, 2.05) is 36.4 Å². The molecule has 1 fully saturated rings. The quantitative estimate of drug-likeness (QED) is 0.769. The number of halogens is 1. The van der Waals surface area contributed by atoms with Crippen LogP contribution in [-0.4, -0.2) is 39.1 Å². The van der Waals surface area contributed by atoms with Crippen molar-refractivity contribution in [2.45, 2.75) is 37.8 Å². The molecule has 0 spiro atoms. The molecule has 0 radical (unpaired) electrons. The molecule has 4 rings (SSSR count). The number of rotatable bonds is 4. The summed E-state index contributed by atoms with van der Waals surface area (Å²) in [6.07, 6.45) is 4.72. The third kappa shape index (κ3) is 3.45. The van der Waals surface area contributed by atoms with Crippen LogP contribution in [-0.2, 0) is 4.74 Å². The van der Waals surface area contributed by atoms with Crippen LogP contribution >= 0.6 is 11.6 Å². The summed E-state index contributed by atoms with van der Waals surface area (Å²) in [7, 11) is 1.79. The Balaban J connectivity index is 1.58. The number of benzene rings is 1. The van der Waals surface area contributed by atoms with E-state index in [1.165, 1.54) is 0 Å². The average molecular weight is 358 g/mol. The molecular formula is C18H20ClN5O. The normalized spacial score (nSPS) is 20.7. The molecule has 0 saturated heterocycles. The molecule has 1 saturated carbocycles. The van der Waals surface area contributed by atoms with Crippen molar-refractivity contribution in [2.24, 2.45) is 0 Å². The van der Waals surface area contributed by atoms with Gasteiger partial charge in [-0.05, 0) is 49.9 Å². The fourth-order valence-electron chi connectivity index (χ4n) is 3.33. The second-order valence-corrected chi connectivity index (χ2v) is 6.81. The Kier molecular flexibility index (Phi) is 4.55. The summed E-state index contributed by atoms with van der Waals surface area (Å²) in [5.74, 6) is 1.51. The Labute approximate surface area is 151 Å². The molecular weight excluding hydrogens is 338 g/mol. The van der Waals surface area contributed by atoms with Gasteiger partial charge < -0.3 is 10.1 Å². The monoisotopic (exact) mass is 357 g/mol. The Hall–Kier alpha value is -2.18. The van der Waals surface area contributed by atoms with Crippen molar-refractivity contribution in [1.82, 2.24) is 19.8 Å². The minimum atomic E-state index is 0.390. The highest BCUT2D eigenvalue weighted by Gasteiger charge is 2.21. The summed E-state index contributed by atoms with van der Waals surface area (Å²) in [6, 6.07) is 11.9. The van der Waals surface area contributed by atoms with Crippen LogP contribution in [0.5, 0.6) is 0 Å². The molecule has 1 aliphatic carbocycles. The fraction of sp³-hybridized carbons (Fsp3) is 0.389. The van der Waals surface area contributed by atoms with Crippen molar-refractivity contribution >= 4 is 23.1 Å². The molecule has 1 aromatic carbocycles. The summed E-state index contributed by atoms with van der Waals surface area (Å²) in [5.41, 5.74) is 1.61. The minimum absolute atomic E-state index is 0.390. The van der Waals surface area contributed by atoms with Crippen LogP contribution in [0, 0.1) is 0 Å². The molecule has 0 atom stereocenters. The molecule has 2 aromatic heterocycles. The van der Waals surface area contributed by atoms with E-state index in [4.69, 9.17) is 16.3 Å². The molecule has 130 valence electrons. The van der Waals surface area contributed by atoms with Crippen molar-refractivity contribution in [3.05, 3.63) is 41.4 Å². The first-order valence-electron chi connectivity index (χ1n) is 8.50. The number of nitrogens with zero attached hydrogens (tertiary/aromatic N) is 4. The van der Waals surface area contributed by atoms with Gasteiger partial charge in [-0.3, -0.25) is 0 Å². The number of hydrogen-bond donors (Lipinski definition) is 1. The van der Waals surface area contributed by atoms with Crippen LogP contribution in [0.4, 0.5) is 5.82 Å². The van der Waals surface area contributed by atoms with Crippen LogP contribution in [0.15, 0.2) is 36.4 Å². The molecule has 1 aliphatic rings. The van der Waals surface area contributed by atoms with Gasteiger partial charge in [0.05, 0.1) is 6.10 Å². The molecule has 0 unspecified atom stereocenters. The zero-order valence-corrected chi connectivity index (χ0v) is 14.8. The highest BCUT2D eigenvalue weighted by molar-refractivity contribution is 6.30. The van der Waals surface area contributed by atoms with E-state index in [1.54, 1.807) is 11.6 Å². The number of ether oxygens (including phenoxy) is 1. The van der Waals surface area contributed by atoms with Gasteiger partial charge in [0.2, 0.25) is 0 Å². The second-order valence-electron chi connectivity index (χ2n) is 6.38. The molecule has 1 N–H and O–H groups in total. The van der Waals surface area contributed by atoms with Gasteiger partial charge in [0.1, 0.15) is 5.82 Å². The van der Waals surface area contributed by atoms with Crippen molar-refractivity contribution < 1.29 is 4.74 Å². The Morgan fingerprint density at radius 2 is 1.96 bits per heavy atom. The maximum absolute atomic E-state index is 6.10. The van der Waals surface area contributed by atoms with E-state index in [9.17, 15) is 0 Å². The summed E-state index contributed by atoms with van der Waals surface area (Å²) >= 11 is 6.10. The van der Waals surface area contributed by atoms with Crippen molar-refractivity contribution in [1.29, 1.82) is 0 Å². The van der Waals surface area contributed by atoms with Crippen LogP contribution < -0.4 is 5.32 Å². The largest absolute Gasteiger partial charge is 0.381 e. The lowest BCUT2D eigenvalue weighted by Crippen LogP contribution is -2.29. The lowest BCUT2D eigenvalue weighted by Gasteiger charge is -2.28. The lowest BCUT2D eigenvalue weighted by molar-refractivity contribution is 0.0681. The van der Waals surface area contributed by atoms with Gasteiger partial charge in [0.15, 0.2) is 11.5 Å². The Morgan fingerprint density at radius 1 is 1.12 bits per heavy atom. The van der Waals surface area contributed by atoms with E-state index < -0.39 is 0 Å². The smallest absolute Gasteiger partial charge is 0.185 e. The van der Waals surface area contributed by atoms with Gasteiger partial charge in [-0.2, -0.15) is 4.52 Å². The van der Waals surface area contributed by atoms with Crippen LogP contribution in [0.25, 0.3) is 17.0 Å². The lowest BCUT2D eigenvalue weighted by atomic mass is 9.93. The van der Waals surface area contributed by atoms with E-state index in [-0.39, 0.29) is 0 Å². The molecule has 0 amide bonds. The zero-order chi connectivity index (χ0) is 17.2. The summed E-state index contributed by atoms with van der Waals surface area (Å²) in [4.78, 5) is 0. The van der Waals surface area contributed by atoms with E-state index in [2.05, 4.69) is 20.6 Å². The summed E-state index contributed by atoms with van der Waals surface area (Å²) in [6.45, 7) is 0. The zero-order valence-electron chi connectivity index (χ0n) is 14.0. The second kappa shape index (κ2) is 6.98. The number of methoxy groups -OCH3 is 1. The maximum atomic E-state index is 6.10. The molecule has 0 bridgehead atoms. The van der Waals surface area contributed by atoms with E-state index in [0.29, 0.717) is 28.6 Å². The molecule has 7 heteroatoms. The summed E-state index contributed by atoms with van der Waals surface area (Å²) < 4.78 is 7.20. The average Bonchev–Trinajstić information content (AvgIpc) is 3.06. The van der Waals surface area contributed by atoms with Crippen LogP contribution in [0.1, 0.15) is 25.7 Å². The number of nitrogens with one attached hydrogen (secondary N) is 1. The maximum Gasteiger partial charge on any atom is 0.185 e. The van der Waals surface area contributed by atoms with Crippen LogP contribution in [0.3, 0.4) is 0 Å². The molecule has 25 heavy (non-hydrogen) atoms. The Morgan fingerprint density at radius 3 is 2.72 bits per heavy atom. The molecule has 3 aromatic rings. The first-order chi connectivity index (χ1) is 12.2. The highest BCUT2D eigenvalue weighted by atomic mass is 35.5. The van der Waals surface area contributed by atoms with E-state index >= 15 is 0 Å². The van der Waals surface area contributed by atoms with Crippen molar-refractivity contribution in [3.63, 3.8) is 0 Å². The molecule has 2 heterocycles. The molecule has 0 aliphatic heterocycles. The number of fused-ring (bicyclic) bond motifs is 1. The van der Waals surface area contributed by atoms with Gasteiger partial charge in [-0.1, -0.05) is 23.7 Å². The van der Waals surface area contributed by atoms with Gasteiger partial charge in [0, 0.05) is 23.7 Å². The first kappa shape index (κ1) is 16.3. The topological polar surface area (TPSA) is 64.3 Å². The fourth-order valence-corrected chi connectivity index (χ4v) is 3.52. The van der Waals surface area contributed by atoms with Crippen LogP contribution in [0.2, 0.25) is 5.02 Å². The van der Waals surface area contributed by atoms with Crippen molar-refractivity contribution in [3.8, 4) is 11.4 Å². The summed E-state index contributed by atoms with van der Waals surface area (Å²) in [5, 5.41) is 17.3. The van der Waals surface area contributed by atoms with Gasteiger partial charge in [-0.25, -0.2) is 0 Å². The predicted molar refractivity (Wildman–Crippen MR) is 97.9 cm³/mol. The highest BCUT2D eigenvalue weighted by Crippen LogP contribution is 2.25. The third-order valence-electron chi connectivity index (χ3n) is 4.71. The van der Waals surface area contributed by atoms with Gasteiger partial charge in [-0.15, -0.1) is 15.3 Å². The van der Waals surface area contributed by atoms with E-state index in [0.717, 1.165) is 37.1 Å². The minimum Gasteiger partial charge on any atom is -0.381 e. The number of aromatic nitrogens is 4. The first-order valence-corrected chi connectivity index (χ1v) is 8.88. The predicted octanol–water partition coefficient (Wildman–Crippen LogP) is 3.81. The molecule has 6 nitrogen and oxygen atoms in total. The standard InChI is InChI=1S/C18H20ClN5O/c1-25-15-7-5-14(6-8-15)20-16-9-10-17-21-22-18(24(17)23-16)12-3-2-4-13(19)11-12/h2-4,9-11,14-15H,5-8H2,1H3,(H,20,23)/t14-,15-.